The molecule has 1 atom stereocenters. The van der Waals surface area contributed by atoms with Crippen LogP contribution >= 0.6 is 0 Å². The summed E-state index contributed by atoms with van der Waals surface area (Å²) in [5.41, 5.74) is 2.00. The lowest BCUT2D eigenvalue weighted by molar-refractivity contribution is -0.122. The molecule has 4 heteroatoms. The number of methoxy groups -OCH3 is 1. The largest absolute Gasteiger partial charge is 0.493 e. The fourth-order valence-electron chi connectivity index (χ4n) is 2.16. The summed E-state index contributed by atoms with van der Waals surface area (Å²) in [6, 6.07) is 15.1. The van der Waals surface area contributed by atoms with Gasteiger partial charge in [0.05, 0.1) is 7.11 Å². The Morgan fingerprint density at radius 2 is 1.57 bits per heavy atom. The molecule has 0 bridgehead atoms. The van der Waals surface area contributed by atoms with E-state index < -0.39 is 6.10 Å². The SMILES string of the molecule is COc1ccccc1OC(C)C(=O)Nc1ccc(C(C)C)cc1. The molecule has 2 aromatic carbocycles. The first-order valence-corrected chi connectivity index (χ1v) is 7.71. The highest BCUT2D eigenvalue weighted by Gasteiger charge is 2.16. The lowest BCUT2D eigenvalue weighted by atomic mass is 10.0. The van der Waals surface area contributed by atoms with E-state index in [1.54, 1.807) is 26.2 Å². The lowest BCUT2D eigenvalue weighted by Crippen LogP contribution is -2.30. The molecule has 0 saturated carbocycles. The third-order valence-corrected chi connectivity index (χ3v) is 3.59. The molecule has 0 saturated heterocycles. The Kier molecular flexibility index (Phi) is 5.63. The molecule has 2 aromatic rings. The number of anilines is 1. The van der Waals surface area contributed by atoms with Crippen LogP contribution in [0.5, 0.6) is 11.5 Å². The molecule has 1 amide bonds. The van der Waals surface area contributed by atoms with E-state index in [1.165, 1.54) is 5.56 Å². The predicted octanol–water partition coefficient (Wildman–Crippen LogP) is 4.22. The number of amides is 1. The second-order valence-corrected chi connectivity index (χ2v) is 5.68. The van der Waals surface area contributed by atoms with Crippen molar-refractivity contribution < 1.29 is 14.3 Å². The van der Waals surface area contributed by atoms with E-state index in [0.717, 1.165) is 5.69 Å². The van der Waals surface area contributed by atoms with Crippen molar-refractivity contribution in [3.05, 3.63) is 54.1 Å². The number of ether oxygens (including phenoxy) is 2. The van der Waals surface area contributed by atoms with Crippen molar-refractivity contribution in [1.29, 1.82) is 0 Å². The van der Waals surface area contributed by atoms with Crippen molar-refractivity contribution in [2.75, 3.05) is 12.4 Å². The summed E-state index contributed by atoms with van der Waals surface area (Å²) in [6.07, 6.45) is -0.629. The maximum absolute atomic E-state index is 12.3. The molecule has 0 aliphatic heterocycles. The van der Waals surface area contributed by atoms with Gasteiger partial charge in [0.25, 0.3) is 5.91 Å². The summed E-state index contributed by atoms with van der Waals surface area (Å²) in [5, 5.41) is 2.86. The van der Waals surface area contributed by atoms with Gasteiger partial charge in [-0.05, 0) is 42.7 Å². The number of benzene rings is 2. The number of carbonyl (C=O) groups is 1. The lowest BCUT2D eigenvalue weighted by Gasteiger charge is -2.17. The minimum Gasteiger partial charge on any atom is -0.493 e. The van der Waals surface area contributed by atoms with Crippen LogP contribution in [0.3, 0.4) is 0 Å². The second kappa shape index (κ2) is 7.68. The Hall–Kier alpha value is -2.49. The normalized spacial score (nSPS) is 11.9. The van der Waals surface area contributed by atoms with Gasteiger partial charge < -0.3 is 14.8 Å². The van der Waals surface area contributed by atoms with E-state index in [0.29, 0.717) is 17.4 Å². The fraction of sp³-hybridized carbons (Fsp3) is 0.316. The maximum atomic E-state index is 12.3. The molecule has 1 N–H and O–H groups in total. The minimum absolute atomic E-state index is 0.201. The van der Waals surface area contributed by atoms with Gasteiger partial charge in [-0.2, -0.15) is 0 Å². The van der Waals surface area contributed by atoms with Crippen LogP contribution in [0.15, 0.2) is 48.5 Å². The third-order valence-electron chi connectivity index (χ3n) is 3.59. The number of hydrogen-bond acceptors (Lipinski definition) is 3. The average molecular weight is 313 g/mol. The molecule has 23 heavy (non-hydrogen) atoms. The number of nitrogens with one attached hydrogen (secondary N) is 1. The number of para-hydroxylation sites is 2. The van der Waals surface area contributed by atoms with Gasteiger partial charge in [-0.1, -0.05) is 38.1 Å². The quantitative estimate of drug-likeness (QED) is 0.868. The van der Waals surface area contributed by atoms with Gasteiger partial charge in [-0.3, -0.25) is 4.79 Å². The first-order chi connectivity index (χ1) is 11.0. The van der Waals surface area contributed by atoms with Crippen LogP contribution in [-0.2, 0) is 4.79 Å². The Morgan fingerprint density at radius 1 is 0.957 bits per heavy atom. The highest BCUT2D eigenvalue weighted by Crippen LogP contribution is 2.27. The Morgan fingerprint density at radius 3 is 2.13 bits per heavy atom. The zero-order chi connectivity index (χ0) is 16.8. The summed E-state index contributed by atoms with van der Waals surface area (Å²) in [7, 11) is 1.57. The Labute approximate surface area is 137 Å². The first kappa shape index (κ1) is 16.9. The molecule has 0 spiro atoms. The Bertz CT molecular complexity index is 650. The van der Waals surface area contributed by atoms with E-state index in [9.17, 15) is 4.79 Å². The van der Waals surface area contributed by atoms with Crippen LogP contribution in [0.25, 0.3) is 0 Å². The molecule has 0 aromatic heterocycles. The monoisotopic (exact) mass is 313 g/mol. The molecular formula is C19H23NO3. The van der Waals surface area contributed by atoms with Gasteiger partial charge >= 0.3 is 0 Å². The van der Waals surface area contributed by atoms with Crippen molar-refractivity contribution in [3.63, 3.8) is 0 Å². The first-order valence-electron chi connectivity index (χ1n) is 7.71. The van der Waals surface area contributed by atoms with Crippen molar-refractivity contribution in [2.24, 2.45) is 0 Å². The number of rotatable bonds is 6. The standard InChI is InChI=1S/C19H23NO3/c1-13(2)15-9-11-16(12-10-15)20-19(21)14(3)23-18-8-6-5-7-17(18)22-4/h5-14H,1-4H3,(H,20,21). The summed E-state index contributed by atoms with van der Waals surface area (Å²) in [5.74, 6) is 1.42. The highest BCUT2D eigenvalue weighted by molar-refractivity contribution is 5.94. The fourth-order valence-corrected chi connectivity index (χ4v) is 2.16. The van der Waals surface area contributed by atoms with Crippen molar-refractivity contribution in [1.82, 2.24) is 0 Å². The molecular weight excluding hydrogens is 290 g/mol. The van der Waals surface area contributed by atoms with Crippen LogP contribution in [0.4, 0.5) is 5.69 Å². The molecule has 0 radical (unpaired) electrons. The van der Waals surface area contributed by atoms with E-state index in [1.807, 2.05) is 36.4 Å². The third kappa shape index (κ3) is 4.49. The highest BCUT2D eigenvalue weighted by atomic mass is 16.5. The van der Waals surface area contributed by atoms with Crippen LogP contribution < -0.4 is 14.8 Å². The molecule has 0 heterocycles. The molecule has 122 valence electrons. The van der Waals surface area contributed by atoms with Crippen LogP contribution in [0.2, 0.25) is 0 Å². The van der Waals surface area contributed by atoms with E-state index in [-0.39, 0.29) is 5.91 Å². The summed E-state index contributed by atoms with van der Waals surface area (Å²) in [4.78, 5) is 12.3. The average Bonchev–Trinajstić information content (AvgIpc) is 2.55. The van der Waals surface area contributed by atoms with E-state index >= 15 is 0 Å². The minimum atomic E-state index is -0.629. The summed E-state index contributed by atoms with van der Waals surface area (Å²) >= 11 is 0. The molecule has 1 unspecified atom stereocenters. The van der Waals surface area contributed by atoms with Gasteiger partial charge in [-0.25, -0.2) is 0 Å². The zero-order valence-electron chi connectivity index (χ0n) is 14.0. The van der Waals surface area contributed by atoms with E-state index in [4.69, 9.17) is 9.47 Å². The van der Waals surface area contributed by atoms with Crippen molar-refractivity contribution >= 4 is 11.6 Å². The smallest absolute Gasteiger partial charge is 0.265 e. The van der Waals surface area contributed by atoms with Gasteiger partial charge in [-0.15, -0.1) is 0 Å². The van der Waals surface area contributed by atoms with Gasteiger partial charge in [0.1, 0.15) is 0 Å². The number of carbonyl (C=O) groups excluding carboxylic acids is 1. The predicted molar refractivity (Wildman–Crippen MR) is 92.2 cm³/mol. The molecule has 4 nitrogen and oxygen atoms in total. The van der Waals surface area contributed by atoms with Crippen LogP contribution in [-0.4, -0.2) is 19.1 Å². The number of hydrogen-bond donors (Lipinski definition) is 1. The second-order valence-electron chi connectivity index (χ2n) is 5.68. The Balaban J connectivity index is 1.99. The van der Waals surface area contributed by atoms with Gasteiger partial charge in [0, 0.05) is 5.69 Å². The molecule has 2 rings (SSSR count). The van der Waals surface area contributed by atoms with E-state index in [2.05, 4.69) is 19.2 Å². The molecule has 0 aliphatic rings. The van der Waals surface area contributed by atoms with Crippen molar-refractivity contribution in [3.8, 4) is 11.5 Å². The van der Waals surface area contributed by atoms with Gasteiger partial charge in [0.15, 0.2) is 17.6 Å². The topological polar surface area (TPSA) is 47.6 Å². The molecule has 0 fully saturated rings. The summed E-state index contributed by atoms with van der Waals surface area (Å²) < 4.78 is 10.9. The van der Waals surface area contributed by atoms with Crippen LogP contribution in [0, 0.1) is 0 Å². The van der Waals surface area contributed by atoms with Crippen molar-refractivity contribution in [2.45, 2.75) is 32.8 Å². The maximum Gasteiger partial charge on any atom is 0.265 e. The summed E-state index contributed by atoms with van der Waals surface area (Å²) in [6.45, 7) is 5.98. The van der Waals surface area contributed by atoms with Gasteiger partial charge in [0.2, 0.25) is 0 Å². The van der Waals surface area contributed by atoms with Crippen LogP contribution in [0.1, 0.15) is 32.3 Å². The molecule has 0 aliphatic carbocycles. The zero-order valence-corrected chi connectivity index (χ0v) is 14.0.